The van der Waals surface area contributed by atoms with Crippen molar-refractivity contribution < 1.29 is 13.9 Å². The first-order chi connectivity index (χ1) is 8.49. The van der Waals surface area contributed by atoms with Gasteiger partial charge in [-0.25, -0.2) is 8.78 Å². The van der Waals surface area contributed by atoms with Gasteiger partial charge in [-0.3, -0.25) is 0 Å². The van der Waals surface area contributed by atoms with E-state index in [2.05, 4.69) is 0 Å². The van der Waals surface area contributed by atoms with Crippen LogP contribution >= 0.6 is 0 Å². The molecule has 2 aromatic rings. The summed E-state index contributed by atoms with van der Waals surface area (Å²) in [6, 6.07) is 9.20. The average molecular weight is 248 g/mol. The predicted molar refractivity (Wildman–Crippen MR) is 66.3 cm³/mol. The van der Waals surface area contributed by atoms with Crippen molar-refractivity contribution in [2.45, 2.75) is 20.0 Å². The summed E-state index contributed by atoms with van der Waals surface area (Å²) < 4.78 is 27.1. The summed E-state index contributed by atoms with van der Waals surface area (Å²) in [6.07, 6.45) is -1.15. The predicted octanol–water partition coefficient (Wildman–Crippen LogP) is 3.66. The monoisotopic (exact) mass is 248 g/mol. The van der Waals surface area contributed by atoms with Crippen LogP contribution in [0.4, 0.5) is 8.78 Å². The zero-order valence-electron chi connectivity index (χ0n) is 10.2. The van der Waals surface area contributed by atoms with Crippen LogP contribution in [0.5, 0.6) is 0 Å². The van der Waals surface area contributed by atoms with Crippen molar-refractivity contribution in [3.8, 4) is 0 Å². The summed E-state index contributed by atoms with van der Waals surface area (Å²) in [4.78, 5) is 0. The largest absolute Gasteiger partial charge is 0.384 e. The molecule has 0 radical (unpaired) electrons. The molecule has 0 bridgehead atoms. The fourth-order valence-electron chi connectivity index (χ4n) is 1.80. The van der Waals surface area contributed by atoms with Crippen molar-refractivity contribution in [2.24, 2.45) is 0 Å². The third-order valence-corrected chi connectivity index (χ3v) is 2.97. The SMILES string of the molecule is Cc1ccc(C(O)c2cc(F)c(C)cc2F)cc1. The maximum absolute atomic E-state index is 13.7. The van der Waals surface area contributed by atoms with Gasteiger partial charge in [0.2, 0.25) is 0 Å². The minimum Gasteiger partial charge on any atom is -0.384 e. The molecule has 0 aromatic heterocycles. The molecule has 2 rings (SSSR count). The second kappa shape index (κ2) is 4.86. The molecule has 0 aliphatic heterocycles. The summed E-state index contributed by atoms with van der Waals surface area (Å²) in [6.45, 7) is 3.41. The lowest BCUT2D eigenvalue weighted by atomic mass is 9.99. The lowest BCUT2D eigenvalue weighted by molar-refractivity contribution is 0.214. The Hall–Kier alpha value is -1.74. The molecule has 1 nitrogen and oxygen atoms in total. The normalized spacial score (nSPS) is 12.5. The molecule has 2 aromatic carbocycles. The fourth-order valence-corrected chi connectivity index (χ4v) is 1.80. The van der Waals surface area contributed by atoms with Crippen LogP contribution in [0, 0.1) is 25.5 Å². The Morgan fingerprint density at radius 2 is 1.56 bits per heavy atom. The van der Waals surface area contributed by atoms with Crippen LogP contribution in [0.3, 0.4) is 0 Å². The third-order valence-electron chi connectivity index (χ3n) is 2.97. The summed E-state index contributed by atoms with van der Waals surface area (Å²) in [7, 11) is 0. The zero-order chi connectivity index (χ0) is 13.3. The minimum atomic E-state index is -1.15. The van der Waals surface area contributed by atoms with Gasteiger partial charge >= 0.3 is 0 Å². The van der Waals surface area contributed by atoms with Crippen LogP contribution < -0.4 is 0 Å². The smallest absolute Gasteiger partial charge is 0.129 e. The Labute approximate surface area is 105 Å². The van der Waals surface area contributed by atoms with Gasteiger partial charge in [-0.15, -0.1) is 0 Å². The zero-order valence-corrected chi connectivity index (χ0v) is 10.2. The number of hydrogen-bond donors (Lipinski definition) is 1. The number of aryl methyl sites for hydroxylation is 2. The van der Waals surface area contributed by atoms with E-state index in [1.54, 1.807) is 12.1 Å². The van der Waals surface area contributed by atoms with Gasteiger partial charge in [-0.05, 0) is 37.1 Å². The Kier molecular flexibility index (Phi) is 3.43. The van der Waals surface area contributed by atoms with Crippen molar-refractivity contribution in [3.63, 3.8) is 0 Å². The molecule has 1 N–H and O–H groups in total. The van der Waals surface area contributed by atoms with Gasteiger partial charge in [0.15, 0.2) is 0 Å². The molecule has 94 valence electrons. The van der Waals surface area contributed by atoms with Crippen molar-refractivity contribution in [3.05, 3.63) is 70.3 Å². The van der Waals surface area contributed by atoms with Crippen LogP contribution in [-0.4, -0.2) is 5.11 Å². The highest BCUT2D eigenvalue weighted by molar-refractivity contribution is 5.34. The molecule has 0 aliphatic carbocycles. The number of halogens is 2. The molecule has 0 aliphatic rings. The second-order valence-electron chi connectivity index (χ2n) is 4.44. The van der Waals surface area contributed by atoms with E-state index in [9.17, 15) is 13.9 Å². The second-order valence-corrected chi connectivity index (χ2v) is 4.44. The lowest BCUT2D eigenvalue weighted by Gasteiger charge is -2.13. The Morgan fingerprint density at radius 3 is 2.17 bits per heavy atom. The number of hydrogen-bond acceptors (Lipinski definition) is 1. The summed E-state index contributed by atoms with van der Waals surface area (Å²) in [5, 5.41) is 10.1. The molecule has 0 saturated carbocycles. The Balaban J connectivity index is 2.42. The van der Waals surface area contributed by atoms with Crippen molar-refractivity contribution in [2.75, 3.05) is 0 Å². The van der Waals surface area contributed by atoms with E-state index >= 15 is 0 Å². The standard InChI is InChI=1S/C15H14F2O/c1-9-3-5-11(6-4-9)15(18)12-8-13(16)10(2)7-14(12)17/h3-8,15,18H,1-2H3. The molecule has 18 heavy (non-hydrogen) atoms. The van der Waals surface area contributed by atoms with Gasteiger partial charge in [0.05, 0.1) is 0 Å². The highest BCUT2D eigenvalue weighted by atomic mass is 19.1. The van der Waals surface area contributed by atoms with E-state index in [4.69, 9.17) is 0 Å². The van der Waals surface area contributed by atoms with Crippen LogP contribution in [0.2, 0.25) is 0 Å². The van der Waals surface area contributed by atoms with E-state index in [0.717, 1.165) is 17.7 Å². The van der Waals surface area contributed by atoms with Gasteiger partial charge < -0.3 is 5.11 Å². The first-order valence-electron chi connectivity index (χ1n) is 5.69. The van der Waals surface area contributed by atoms with Crippen LogP contribution in [0.15, 0.2) is 36.4 Å². The number of aliphatic hydroxyl groups excluding tert-OH is 1. The van der Waals surface area contributed by atoms with E-state index in [-0.39, 0.29) is 11.1 Å². The van der Waals surface area contributed by atoms with Crippen molar-refractivity contribution >= 4 is 0 Å². The molecule has 0 spiro atoms. The molecule has 3 heteroatoms. The van der Waals surface area contributed by atoms with E-state index in [1.165, 1.54) is 6.92 Å². The van der Waals surface area contributed by atoms with Crippen molar-refractivity contribution in [1.29, 1.82) is 0 Å². The first-order valence-corrected chi connectivity index (χ1v) is 5.69. The molecule has 0 heterocycles. The van der Waals surface area contributed by atoms with E-state index < -0.39 is 17.7 Å². The fraction of sp³-hybridized carbons (Fsp3) is 0.200. The molecule has 1 unspecified atom stereocenters. The van der Waals surface area contributed by atoms with Crippen molar-refractivity contribution in [1.82, 2.24) is 0 Å². The van der Waals surface area contributed by atoms with E-state index in [1.807, 2.05) is 19.1 Å². The summed E-state index contributed by atoms with van der Waals surface area (Å²) in [5.74, 6) is -1.11. The molecule has 0 saturated heterocycles. The maximum atomic E-state index is 13.7. The van der Waals surface area contributed by atoms with Gasteiger partial charge in [-0.1, -0.05) is 29.8 Å². The highest BCUT2D eigenvalue weighted by Crippen LogP contribution is 2.26. The van der Waals surface area contributed by atoms with Gasteiger partial charge in [-0.2, -0.15) is 0 Å². The summed E-state index contributed by atoms with van der Waals surface area (Å²) in [5.41, 5.74) is 1.78. The highest BCUT2D eigenvalue weighted by Gasteiger charge is 2.17. The van der Waals surface area contributed by atoms with Crippen LogP contribution in [-0.2, 0) is 0 Å². The Morgan fingerprint density at radius 1 is 0.944 bits per heavy atom. The number of rotatable bonds is 2. The first kappa shape index (κ1) is 12.7. The van der Waals surface area contributed by atoms with Crippen LogP contribution in [0.1, 0.15) is 28.4 Å². The van der Waals surface area contributed by atoms with Crippen LogP contribution in [0.25, 0.3) is 0 Å². The molecular weight excluding hydrogens is 234 g/mol. The van der Waals surface area contributed by atoms with Gasteiger partial charge in [0.1, 0.15) is 17.7 Å². The van der Waals surface area contributed by atoms with Gasteiger partial charge in [0.25, 0.3) is 0 Å². The quantitative estimate of drug-likeness (QED) is 0.859. The number of aliphatic hydroxyl groups is 1. The molecular formula is C15H14F2O. The van der Waals surface area contributed by atoms with E-state index in [0.29, 0.717) is 5.56 Å². The maximum Gasteiger partial charge on any atom is 0.129 e. The minimum absolute atomic E-state index is 0.0399. The molecule has 0 fully saturated rings. The summed E-state index contributed by atoms with van der Waals surface area (Å²) >= 11 is 0. The molecule has 1 atom stereocenters. The average Bonchev–Trinajstić information content (AvgIpc) is 2.34. The third kappa shape index (κ3) is 2.41. The Bertz CT molecular complexity index is 561. The molecule has 0 amide bonds. The number of benzene rings is 2. The lowest BCUT2D eigenvalue weighted by Crippen LogP contribution is -2.04. The topological polar surface area (TPSA) is 20.2 Å². The van der Waals surface area contributed by atoms with Gasteiger partial charge in [0, 0.05) is 5.56 Å².